The van der Waals surface area contributed by atoms with Crippen LogP contribution in [-0.2, 0) is 4.74 Å². The average molecular weight is 558 g/mol. The Morgan fingerprint density at radius 1 is 1.02 bits per heavy atom. The van der Waals surface area contributed by atoms with Crippen molar-refractivity contribution in [2.45, 2.75) is 52.1 Å². The number of likely N-dealkylation sites (tertiary alicyclic amines) is 1. The van der Waals surface area contributed by atoms with Crippen molar-refractivity contribution in [2.24, 2.45) is 0 Å². The first-order valence-corrected chi connectivity index (χ1v) is 13.9. The molecule has 0 radical (unpaired) electrons. The van der Waals surface area contributed by atoms with E-state index in [4.69, 9.17) is 4.74 Å². The quantitative estimate of drug-likeness (QED) is 0.273. The number of aryl methyl sites for hydroxylation is 1. The third kappa shape index (κ3) is 6.41. The Labute approximate surface area is 239 Å². The van der Waals surface area contributed by atoms with Crippen molar-refractivity contribution < 1.29 is 18.7 Å². The minimum Gasteiger partial charge on any atom is -0.442 e. The van der Waals surface area contributed by atoms with Gasteiger partial charge in [-0.15, -0.1) is 5.10 Å². The van der Waals surface area contributed by atoms with E-state index >= 15 is 0 Å². The van der Waals surface area contributed by atoms with Crippen LogP contribution in [0.5, 0.6) is 0 Å². The monoisotopic (exact) mass is 557 g/mol. The summed E-state index contributed by atoms with van der Waals surface area (Å²) in [5.74, 6) is -0.00278. The molecule has 2 N–H and O–H groups in total. The summed E-state index contributed by atoms with van der Waals surface area (Å²) < 4.78 is 21.2. The summed E-state index contributed by atoms with van der Waals surface area (Å²) >= 11 is 0. The number of rotatable bonds is 5. The minimum atomic E-state index is -0.756. The van der Waals surface area contributed by atoms with Crippen molar-refractivity contribution in [2.75, 3.05) is 30.8 Å². The maximum Gasteiger partial charge on any atom is 0.435 e. The summed E-state index contributed by atoms with van der Waals surface area (Å²) in [6, 6.07) is 17.7. The van der Waals surface area contributed by atoms with Gasteiger partial charge in [-0.3, -0.25) is 4.79 Å². The number of para-hydroxylation sites is 1. The fourth-order valence-electron chi connectivity index (χ4n) is 5.09. The van der Waals surface area contributed by atoms with E-state index in [1.165, 1.54) is 11.6 Å². The van der Waals surface area contributed by atoms with Gasteiger partial charge in [0.15, 0.2) is 5.82 Å². The smallest absolute Gasteiger partial charge is 0.435 e. The molecule has 0 bridgehead atoms. The summed E-state index contributed by atoms with van der Waals surface area (Å²) in [6.45, 7) is 9.24. The second kappa shape index (κ2) is 11.3. The third-order valence-electron chi connectivity index (χ3n) is 7.33. The number of hydrogen-bond acceptors (Lipinski definition) is 6. The van der Waals surface area contributed by atoms with E-state index < -0.39 is 11.7 Å². The molecule has 5 rings (SSSR count). The van der Waals surface area contributed by atoms with Gasteiger partial charge in [0.2, 0.25) is 0 Å². The standard InChI is InChI=1S/C32H36FN5O3/c1-20-7-6-8-26(33)28(20)34-24-13-14-25-27(19-24)38(31(40)41-32(2,3)4)36-29(25)35-30(39)23-11-9-21(10-12-23)22-15-17-37(5)18-16-22/h6-14,19,22,34H,15-18H2,1-5H3,(H,35,36,39). The number of benzene rings is 3. The van der Waals surface area contributed by atoms with E-state index in [2.05, 4.69) is 27.7 Å². The predicted molar refractivity (Wildman–Crippen MR) is 160 cm³/mol. The van der Waals surface area contributed by atoms with Gasteiger partial charge in [0.25, 0.3) is 5.91 Å². The topological polar surface area (TPSA) is 88.5 Å². The number of aromatic nitrogens is 2. The van der Waals surface area contributed by atoms with Gasteiger partial charge in [-0.05, 0) is 114 Å². The molecule has 3 aromatic carbocycles. The number of nitrogens with one attached hydrogen (secondary N) is 2. The third-order valence-corrected chi connectivity index (χ3v) is 7.33. The molecule has 1 amide bonds. The zero-order valence-corrected chi connectivity index (χ0v) is 24.1. The lowest BCUT2D eigenvalue weighted by molar-refractivity contribution is 0.0522. The van der Waals surface area contributed by atoms with Gasteiger partial charge in [-0.1, -0.05) is 24.3 Å². The molecule has 1 fully saturated rings. The van der Waals surface area contributed by atoms with Gasteiger partial charge in [-0.2, -0.15) is 4.68 Å². The molecule has 1 saturated heterocycles. The highest BCUT2D eigenvalue weighted by Crippen LogP contribution is 2.31. The number of anilines is 3. The van der Waals surface area contributed by atoms with Crippen LogP contribution in [0.4, 0.5) is 26.4 Å². The molecule has 1 aliphatic rings. The fourth-order valence-corrected chi connectivity index (χ4v) is 5.09. The molecular weight excluding hydrogens is 521 g/mol. The Balaban J connectivity index is 1.43. The highest BCUT2D eigenvalue weighted by Gasteiger charge is 2.24. The SMILES string of the molecule is Cc1cccc(F)c1Nc1ccc2c(NC(=O)c3ccc(C4CCN(C)CC4)cc3)nn(C(=O)OC(C)(C)C)c2c1. The molecule has 2 heterocycles. The zero-order chi connectivity index (χ0) is 29.3. The van der Waals surface area contributed by atoms with Crippen LogP contribution in [0.3, 0.4) is 0 Å². The molecule has 0 spiro atoms. The lowest BCUT2D eigenvalue weighted by Gasteiger charge is -2.29. The summed E-state index contributed by atoms with van der Waals surface area (Å²) in [6.07, 6.45) is 1.51. The van der Waals surface area contributed by atoms with Gasteiger partial charge in [0.05, 0.1) is 11.2 Å². The van der Waals surface area contributed by atoms with Crippen molar-refractivity contribution in [1.29, 1.82) is 0 Å². The zero-order valence-electron chi connectivity index (χ0n) is 24.1. The molecule has 1 aliphatic heterocycles. The van der Waals surface area contributed by atoms with Crippen molar-refractivity contribution in [3.8, 4) is 0 Å². The second-order valence-corrected chi connectivity index (χ2v) is 11.7. The highest BCUT2D eigenvalue weighted by atomic mass is 19.1. The maximum atomic E-state index is 14.5. The summed E-state index contributed by atoms with van der Waals surface area (Å²) in [7, 11) is 2.14. The Morgan fingerprint density at radius 3 is 2.39 bits per heavy atom. The molecule has 0 aliphatic carbocycles. The largest absolute Gasteiger partial charge is 0.442 e. The number of fused-ring (bicyclic) bond motifs is 1. The van der Waals surface area contributed by atoms with Crippen LogP contribution in [-0.4, -0.2) is 52.4 Å². The lowest BCUT2D eigenvalue weighted by Crippen LogP contribution is -2.29. The maximum absolute atomic E-state index is 14.5. The summed E-state index contributed by atoms with van der Waals surface area (Å²) in [5.41, 5.74) is 3.01. The molecule has 214 valence electrons. The first-order chi connectivity index (χ1) is 19.5. The van der Waals surface area contributed by atoms with Crippen LogP contribution in [0.2, 0.25) is 0 Å². The number of carbonyl (C=O) groups is 2. The van der Waals surface area contributed by atoms with Crippen LogP contribution in [0, 0.1) is 12.7 Å². The number of halogens is 1. The van der Waals surface area contributed by atoms with Gasteiger partial charge < -0.3 is 20.3 Å². The van der Waals surface area contributed by atoms with Crippen molar-refractivity contribution in [3.63, 3.8) is 0 Å². The molecule has 0 saturated carbocycles. The average Bonchev–Trinajstić information content (AvgIpc) is 3.28. The molecule has 4 aromatic rings. The molecule has 0 atom stereocenters. The fraction of sp³-hybridized carbons (Fsp3) is 0.344. The lowest BCUT2D eigenvalue weighted by atomic mass is 9.89. The van der Waals surface area contributed by atoms with E-state index in [1.807, 2.05) is 37.3 Å². The second-order valence-electron chi connectivity index (χ2n) is 11.7. The number of amides is 1. The van der Waals surface area contributed by atoms with Gasteiger partial charge in [0, 0.05) is 16.6 Å². The number of hydrogen-bond donors (Lipinski definition) is 2. The summed E-state index contributed by atoms with van der Waals surface area (Å²) in [5, 5.41) is 10.9. The van der Waals surface area contributed by atoms with E-state index in [0.717, 1.165) is 36.2 Å². The first kappa shape index (κ1) is 28.3. The number of carbonyl (C=O) groups excluding carboxylic acids is 2. The van der Waals surface area contributed by atoms with E-state index in [-0.39, 0.29) is 17.5 Å². The normalized spacial score (nSPS) is 14.7. The van der Waals surface area contributed by atoms with Crippen LogP contribution in [0.1, 0.15) is 61.0 Å². The molecular formula is C32H36FN5O3. The Bertz CT molecular complexity index is 1560. The van der Waals surface area contributed by atoms with Crippen LogP contribution >= 0.6 is 0 Å². The van der Waals surface area contributed by atoms with Gasteiger partial charge >= 0.3 is 6.09 Å². The first-order valence-electron chi connectivity index (χ1n) is 13.9. The Kier molecular flexibility index (Phi) is 7.82. The highest BCUT2D eigenvalue weighted by molar-refractivity contribution is 6.09. The Morgan fingerprint density at radius 2 is 1.73 bits per heavy atom. The van der Waals surface area contributed by atoms with Crippen LogP contribution in [0.15, 0.2) is 60.7 Å². The van der Waals surface area contributed by atoms with Crippen molar-refractivity contribution in [1.82, 2.24) is 14.7 Å². The van der Waals surface area contributed by atoms with Gasteiger partial charge in [0.1, 0.15) is 11.4 Å². The Hall–Kier alpha value is -4.24. The number of ether oxygens (including phenoxy) is 1. The van der Waals surface area contributed by atoms with Gasteiger partial charge in [-0.25, -0.2) is 9.18 Å². The van der Waals surface area contributed by atoms with Crippen LogP contribution in [0.25, 0.3) is 10.9 Å². The molecule has 1 aromatic heterocycles. The van der Waals surface area contributed by atoms with Crippen molar-refractivity contribution >= 4 is 40.1 Å². The molecule has 8 nitrogen and oxygen atoms in total. The number of nitrogens with zero attached hydrogens (tertiary/aromatic N) is 3. The van der Waals surface area contributed by atoms with Crippen LogP contribution < -0.4 is 10.6 Å². The molecule has 9 heteroatoms. The minimum absolute atomic E-state index is 0.226. The predicted octanol–water partition coefficient (Wildman–Crippen LogP) is 7.07. The van der Waals surface area contributed by atoms with Crippen molar-refractivity contribution in [3.05, 3.63) is 83.2 Å². The molecule has 0 unspecified atom stereocenters. The number of piperidine rings is 1. The van der Waals surface area contributed by atoms with E-state index in [9.17, 15) is 14.0 Å². The van der Waals surface area contributed by atoms with E-state index in [0.29, 0.717) is 33.8 Å². The van der Waals surface area contributed by atoms with E-state index in [1.54, 1.807) is 45.0 Å². The molecule has 41 heavy (non-hydrogen) atoms. The summed E-state index contributed by atoms with van der Waals surface area (Å²) in [4.78, 5) is 28.7.